The molecule has 162 valence electrons. The number of carbonyl (C=O) groups excluding carboxylic acids is 3. The lowest BCUT2D eigenvalue weighted by Gasteiger charge is -2.20. The van der Waals surface area contributed by atoms with Crippen molar-refractivity contribution in [1.82, 2.24) is 15.2 Å². The zero-order valence-corrected chi connectivity index (χ0v) is 18.5. The van der Waals surface area contributed by atoms with Crippen molar-refractivity contribution in [2.75, 3.05) is 27.2 Å². The Bertz CT molecular complexity index is 719. The quantitative estimate of drug-likeness (QED) is 0.819. The smallest absolute Gasteiger partial charge is 0.224 e. The first-order chi connectivity index (χ1) is 14.0. The van der Waals surface area contributed by atoms with E-state index >= 15 is 0 Å². The van der Waals surface area contributed by atoms with Crippen LogP contribution in [0.3, 0.4) is 0 Å². The van der Waals surface area contributed by atoms with Crippen LogP contribution in [0.1, 0.15) is 49.4 Å². The Balaban J connectivity index is 0.000000593. The second-order valence-electron chi connectivity index (χ2n) is 7.10. The van der Waals surface area contributed by atoms with Crippen LogP contribution in [-0.2, 0) is 27.2 Å². The van der Waals surface area contributed by atoms with Crippen molar-refractivity contribution in [3.05, 3.63) is 35.0 Å². The number of amides is 1. The molecule has 0 radical (unpaired) electrons. The lowest BCUT2D eigenvalue weighted by atomic mass is 10.0. The normalized spacial score (nSPS) is 13.1. The second kappa shape index (κ2) is 15.5. The Morgan fingerprint density at radius 2 is 1.76 bits per heavy atom. The lowest BCUT2D eigenvalue weighted by Crippen LogP contribution is -2.24. The van der Waals surface area contributed by atoms with Gasteiger partial charge in [0.1, 0.15) is 13.6 Å². The maximum atomic E-state index is 11.6. The van der Waals surface area contributed by atoms with Gasteiger partial charge in [-0.3, -0.25) is 4.79 Å². The van der Waals surface area contributed by atoms with Gasteiger partial charge in [0.15, 0.2) is 0 Å². The standard InChI is InChI=1S/C15H20N2O.C6H13N.2CH2O/c1-4-5-13-12(9-15(18)16-3)11-8-10(2)6-7-14(11)17-13;1-7-5-3-2-4-6-7;2*1-2/h6-8,17H,4-5,9H2,1-3H3,(H,16,18);2-6H2,1H3;2*1H2. The number of nitrogens with one attached hydrogen (secondary N) is 2. The predicted octanol–water partition coefficient (Wildman–Crippen LogP) is 3.45. The molecular formula is C23H37N3O3. The number of likely N-dealkylation sites (tertiary alicyclic amines) is 1. The van der Waals surface area contributed by atoms with Gasteiger partial charge in [0, 0.05) is 23.6 Å². The zero-order valence-electron chi connectivity index (χ0n) is 18.5. The number of aromatic amines is 1. The lowest BCUT2D eigenvalue weighted by molar-refractivity contribution is -0.120. The molecule has 0 atom stereocenters. The molecule has 6 heteroatoms. The summed E-state index contributed by atoms with van der Waals surface area (Å²) in [7, 11) is 3.88. The molecule has 1 aliphatic heterocycles. The number of fused-ring (bicyclic) bond motifs is 1. The highest BCUT2D eigenvalue weighted by molar-refractivity contribution is 5.90. The number of H-pyrrole nitrogens is 1. The van der Waals surface area contributed by atoms with Crippen LogP contribution in [0.25, 0.3) is 10.9 Å². The van der Waals surface area contributed by atoms with Gasteiger partial charge in [-0.25, -0.2) is 0 Å². The van der Waals surface area contributed by atoms with Crippen LogP contribution in [0, 0.1) is 6.92 Å². The van der Waals surface area contributed by atoms with Crippen LogP contribution in [0.5, 0.6) is 0 Å². The van der Waals surface area contributed by atoms with Crippen LogP contribution in [0.4, 0.5) is 0 Å². The molecule has 0 saturated carbocycles. The number of aromatic nitrogens is 1. The highest BCUT2D eigenvalue weighted by Crippen LogP contribution is 2.25. The van der Waals surface area contributed by atoms with Crippen LogP contribution in [0.15, 0.2) is 18.2 Å². The molecule has 1 aromatic heterocycles. The molecule has 0 spiro atoms. The number of likely N-dealkylation sites (N-methyl/N-ethyl adjacent to an activating group) is 1. The van der Waals surface area contributed by atoms with Crippen molar-refractivity contribution in [2.24, 2.45) is 0 Å². The molecule has 3 rings (SSSR count). The highest BCUT2D eigenvalue weighted by Gasteiger charge is 2.13. The summed E-state index contributed by atoms with van der Waals surface area (Å²) in [6.45, 7) is 10.9. The van der Waals surface area contributed by atoms with Crippen LogP contribution in [-0.4, -0.2) is 56.6 Å². The van der Waals surface area contributed by atoms with Gasteiger partial charge >= 0.3 is 0 Å². The Labute approximate surface area is 175 Å². The monoisotopic (exact) mass is 403 g/mol. The number of carbonyl (C=O) groups is 3. The van der Waals surface area contributed by atoms with E-state index in [0.717, 1.165) is 23.9 Å². The molecule has 1 fully saturated rings. The van der Waals surface area contributed by atoms with Crippen LogP contribution in [0.2, 0.25) is 0 Å². The van der Waals surface area contributed by atoms with Crippen molar-refractivity contribution in [2.45, 2.75) is 52.4 Å². The predicted molar refractivity (Wildman–Crippen MR) is 120 cm³/mol. The Hall–Kier alpha value is -2.47. The van der Waals surface area contributed by atoms with E-state index in [0.29, 0.717) is 6.42 Å². The van der Waals surface area contributed by atoms with E-state index in [2.05, 4.69) is 54.3 Å². The summed E-state index contributed by atoms with van der Waals surface area (Å²) in [5.41, 5.74) is 4.70. The Morgan fingerprint density at radius 3 is 2.24 bits per heavy atom. The third kappa shape index (κ3) is 9.05. The second-order valence-corrected chi connectivity index (χ2v) is 7.10. The van der Waals surface area contributed by atoms with Crippen molar-refractivity contribution in [3.63, 3.8) is 0 Å². The third-order valence-corrected chi connectivity index (χ3v) is 4.85. The van der Waals surface area contributed by atoms with Gasteiger partial charge in [0.25, 0.3) is 0 Å². The highest BCUT2D eigenvalue weighted by atomic mass is 16.1. The summed E-state index contributed by atoms with van der Waals surface area (Å²) in [4.78, 5) is 33.5. The molecular weight excluding hydrogens is 366 g/mol. The van der Waals surface area contributed by atoms with Crippen molar-refractivity contribution in [3.8, 4) is 0 Å². The molecule has 1 aliphatic rings. The van der Waals surface area contributed by atoms with Crippen LogP contribution >= 0.6 is 0 Å². The van der Waals surface area contributed by atoms with Crippen LogP contribution < -0.4 is 5.32 Å². The zero-order chi connectivity index (χ0) is 22.2. The molecule has 6 nitrogen and oxygen atoms in total. The summed E-state index contributed by atoms with van der Waals surface area (Å²) in [5, 5.41) is 3.88. The fraction of sp³-hybridized carbons (Fsp3) is 0.522. The van der Waals surface area contributed by atoms with Gasteiger partial charge in [-0.1, -0.05) is 31.4 Å². The molecule has 2 aromatic rings. The van der Waals surface area contributed by atoms with Gasteiger partial charge in [0.2, 0.25) is 5.91 Å². The summed E-state index contributed by atoms with van der Waals surface area (Å²) >= 11 is 0. The first-order valence-corrected chi connectivity index (χ1v) is 10.1. The number of hydrogen-bond donors (Lipinski definition) is 2. The van der Waals surface area contributed by atoms with E-state index in [1.54, 1.807) is 7.05 Å². The van der Waals surface area contributed by atoms with E-state index < -0.39 is 0 Å². The minimum atomic E-state index is 0.0646. The van der Waals surface area contributed by atoms with E-state index in [1.807, 2.05) is 13.6 Å². The van der Waals surface area contributed by atoms with E-state index in [1.165, 1.54) is 49.0 Å². The molecule has 0 aliphatic carbocycles. The fourth-order valence-electron chi connectivity index (χ4n) is 3.38. The SMILES string of the molecule is C=O.C=O.CCCc1[nH]c2ccc(C)cc2c1CC(=O)NC.CN1CCCCC1. The molecule has 2 heterocycles. The minimum Gasteiger partial charge on any atom is -0.359 e. The average Bonchev–Trinajstić information content (AvgIpc) is 3.08. The van der Waals surface area contributed by atoms with Crippen molar-refractivity contribution >= 4 is 30.4 Å². The molecule has 1 saturated heterocycles. The molecule has 0 unspecified atom stereocenters. The van der Waals surface area contributed by atoms with Gasteiger partial charge < -0.3 is 24.8 Å². The average molecular weight is 404 g/mol. The third-order valence-electron chi connectivity index (χ3n) is 4.85. The Kier molecular flexibility index (Phi) is 14.1. The Morgan fingerprint density at radius 1 is 1.14 bits per heavy atom. The number of piperidine rings is 1. The number of hydrogen-bond acceptors (Lipinski definition) is 4. The molecule has 0 bridgehead atoms. The van der Waals surface area contributed by atoms with Gasteiger partial charge in [-0.15, -0.1) is 0 Å². The largest absolute Gasteiger partial charge is 0.359 e. The van der Waals surface area contributed by atoms with Crippen molar-refractivity contribution < 1.29 is 14.4 Å². The maximum Gasteiger partial charge on any atom is 0.224 e. The van der Waals surface area contributed by atoms with Gasteiger partial charge in [-0.05, 0) is 64.0 Å². The van der Waals surface area contributed by atoms with E-state index in [-0.39, 0.29) is 5.91 Å². The van der Waals surface area contributed by atoms with Gasteiger partial charge in [0.05, 0.1) is 6.42 Å². The van der Waals surface area contributed by atoms with E-state index in [9.17, 15) is 4.79 Å². The fourth-order valence-corrected chi connectivity index (χ4v) is 3.38. The molecule has 1 amide bonds. The van der Waals surface area contributed by atoms with Crippen molar-refractivity contribution in [1.29, 1.82) is 0 Å². The first-order valence-electron chi connectivity index (χ1n) is 10.1. The summed E-state index contributed by atoms with van der Waals surface area (Å²) in [6, 6.07) is 6.35. The first kappa shape index (κ1) is 26.5. The number of nitrogens with zero attached hydrogens (tertiary/aromatic N) is 1. The molecule has 1 aromatic carbocycles. The summed E-state index contributed by atoms with van der Waals surface area (Å²) in [5.74, 6) is 0.0646. The topological polar surface area (TPSA) is 82.3 Å². The summed E-state index contributed by atoms with van der Waals surface area (Å²) < 4.78 is 0. The maximum absolute atomic E-state index is 11.6. The minimum absolute atomic E-state index is 0.0646. The molecule has 2 N–H and O–H groups in total. The van der Waals surface area contributed by atoms with Gasteiger partial charge in [-0.2, -0.15) is 0 Å². The number of benzene rings is 1. The number of aryl methyl sites for hydroxylation is 2. The number of rotatable bonds is 4. The summed E-state index contributed by atoms with van der Waals surface area (Å²) in [6.07, 6.45) is 6.79. The van der Waals surface area contributed by atoms with E-state index in [4.69, 9.17) is 9.59 Å². The molecule has 29 heavy (non-hydrogen) atoms.